The van der Waals surface area contributed by atoms with Crippen LogP contribution in [0.2, 0.25) is 0 Å². The maximum absolute atomic E-state index is 12.8. The molecule has 0 aliphatic rings. The summed E-state index contributed by atoms with van der Waals surface area (Å²) in [6, 6.07) is 7.45. The van der Waals surface area contributed by atoms with Gasteiger partial charge in [0.05, 0.1) is 29.0 Å². The summed E-state index contributed by atoms with van der Waals surface area (Å²) in [5, 5.41) is 0. The van der Waals surface area contributed by atoms with Crippen LogP contribution in [-0.4, -0.2) is 26.5 Å². The highest BCUT2D eigenvalue weighted by Crippen LogP contribution is 2.16. The molecule has 0 fully saturated rings. The second-order valence-corrected chi connectivity index (χ2v) is 6.23. The molecule has 0 radical (unpaired) electrons. The molecule has 0 bridgehead atoms. The van der Waals surface area contributed by atoms with Gasteiger partial charge in [0.2, 0.25) is 0 Å². The molecule has 0 amide bonds. The highest BCUT2D eigenvalue weighted by molar-refractivity contribution is 7.90. The van der Waals surface area contributed by atoms with Crippen LogP contribution in [0.15, 0.2) is 47.5 Å². The minimum atomic E-state index is -3.61. The number of carbonyl (C=O) groups is 1. The van der Waals surface area contributed by atoms with E-state index < -0.39 is 21.6 Å². The molecular formula is C14H12FNO4S. The van der Waals surface area contributed by atoms with Crippen LogP contribution in [-0.2, 0) is 20.3 Å². The molecule has 0 aliphatic heterocycles. The molecule has 1 aromatic carbocycles. The zero-order chi connectivity index (χ0) is 15.5. The molecule has 110 valence electrons. The van der Waals surface area contributed by atoms with Crippen molar-refractivity contribution in [3.8, 4) is 0 Å². The number of esters is 1. The van der Waals surface area contributed by atoms with Gasteiger partial charge in [-0.1, -0.05) is 0 Å². The van der Waals surface area contributed by atoms with E-state index in [1.54, 1.807) is 0 Å². The van der Waals surface area contributed by atoms with Crippen LogP contribution in [0.25, 0.3) is 0 Å². The molecule has 0 aliphatic carbocycles. The van der Waals surface area contributed by atoms with Crippen LogP contribution in [0.5, 0.6) is 0 Å². The van der Waals surface area contributed by atoms with Crippen molar-refractivity contribution >= 4 is 15.8 Å². The topological polar surface area (TPSA) is 73.3 Å². The summed E-state index contributed by atoms with van der Waals surface area (Å²) in [6.07, 6.45) is 1.25. The van der Waals surface area contributed by atoms with E-state index in [1.165, 1.54) is 37.6 Å². The lowest BCUT2D eigenvalue weighted by molar-refractivity contribution is 0.0600. The molecule has 7 heteroatoms. The van der Waals surface area contributed by atoms with Crippen LogP contribution < -0.4 is 0 Å². The summed E-state index contributed by atoms with van der Waals surface area (Å²) in [4.78, 5) is 15.2. The lowest BCUT2D eigenvalue weighted by Crippen LogP contribution is -2.08. The Hall–Kier alpha value is -2.28. The number of hydrogen-bond donors (Lipinski definition) is 0. The van der Waals surface area contributed by atoms with Gasteiger partial charge in [-0.25, -0.2) is 17.6 Å². The van der Waals surface area contributed by atoms with E-state index in [1.807, 2.05) is 0 Å². The van der Waals surface area contributed by atoms with Crippen LogP contribution >= 0.6 is 0 Å². The smallest absolute Gasteiger partial charge is 0.339 e. The molecule has 5 nitrogen and oxygen atoms in total. The third-order valence-corrected chi connectivity index (χ3v) is 4.42. The number of carbonyl (C=O) groups excluding carboxylic acids is 1. The van der Waals surface area contributed by atoms with Gasteiger partial charge in [0.25, 0.3) is 0 Å². The molecular weight excluding hydrogens is 297 g/mol. The van der Waals surface area contributed by atoms with Crippen molar-refractivity contribution in [2.75, 3.05) is 7.11 Å². The van der Waals surface area contributed by atoms with Crippen molar-refractivity contribution in [2.45, 2.75) is 10.6 Å². The van der Waals surface area contributed by atoms with Crippen LogP contribution in [0.4, 0.5) is 4.39 Å². The molecule has 21 heavy (non-hydrogen) atoms. The first-order chi connectivity index (χ1) is 9.92. The third-order valence-electron chi connectivity index (χ3n) is 2.76. The van der Waals surface area contributed by atoms with Crippen molar-refractivity contribution in [3.63, 3.8) is 0 Å². The Balaban J connectivity index is 2.20. The predicted molar refractivity (Wildman–Crippen MR) is 72.9 cm³/mol. The van der Waals surface area contributed by atoms with Gasteiger partial charge in [-0.3, -0.25) is 4.98 Å². The molecule has 0 spiro atoms. The van der Waals surface area contributed by atoms with Crippen molar-refractivity contribution in [2.24, 2.45) is 0 Å². The van der Waals surface area contributed by atoms with Crippen molar-refractivity contribution in [1.82, 2.24) is 4.98 Å². The van der Waals surface area contributed by atoms with Crippen molar-refractivity contribution in [1.29, 1.82) is 0 Å². The standard InChI is InChI=1S/C14H12FNO4S/c1-20-14(17)10-2-5-12(16-8-10)9-21(18,19)13-6-3-11(15)4-7-13/h2-8H,9H2,1H3. The highest BCUT2D eigenvalue weighted by atomic mass is 32.2. The third kappa shape index (κ3) is 3.63. The average molecular weight is 309 g/mol. The first-order valence-electron chi connectivity index (χ1n) is 5.94. The van der Waals surface area contributed by atoms with Crippen LogP contribution in [0.3, 0.4) is 0 Å². The van der Waals surface area contributed by atoms with E-state index in [9.17, 15) is 17.6 Å². The van der Waals surface area contributed by atoms with Crippen LogP contribution in [0, 0.1) is 5.82 Å². The second kappa shape index (κ2) is 6.01. The molecule has 0 N–H and O–H groups in total. The van der Waals surface area contributed by atoms with E-state index >= 15 is 0 Å². The number of benzene rings is 1. The Morgan fingerprint density at radius 2 is 1.86 bits per heavy atom. The summed E-state index contributed by atoms with van der Waals surface area (Å²) in [7, 11) is -2.37. The molecule has 2 aromatic rings. The number of nitrogens with zero attached hydrogens (tertiary/aromatic N) is 1. The molecule has 0 saturated carbocycles. The minimum absolute atomic E-state index is 0.0164. The fourth-order valence-electron chi connectivity index (χ4n) is 1.67. The van der Waals surface area contributed by atoms with Crippen molar-refractivity contribution in [3.05, 3.63) is 59.7 Å². The number of pyridine rings is 1. The molecule has 0 atom stereocenters. The quantitative estimate of drug-likeness (QED) is 0.638. The lowest BCUT2D eigenvalue weighted by atomic mass is 10.2. The summed E-state index contributed by atoms with van der Waals surface area (Å²) >= 11 is 0. The fourth-order valence-corrected chi connectivity index (χ4v) is 2.95. The number of halogens is 1. The van der Waals surface area contributed by atoms with Gasteiger partial charge in [0.15, 0.2) is 9.84 Å². The summed E-state index contributed by atoms with van der Waals surface area (Å²) in [5.74, 6) is -1.38. The largest absolute Gasteiger partial charge is 0.465 e. The number of methoxy groups -OCH3 is 1. The average Bonchev–Trinajstić information content (AvgIpc) is 2.47. The Labute approximate surface area is 121 Å². The maximum atomic E-state index is 12.8. The fraction of sp³-hybridized carbons (Fsp3) is 0.143. The number of aromatic nitrogens is 1. The van der Waals surface area contributed by atoms with Gasteiger partial charge in [0, 0.05) is 6.20 Å². The number of rotatable bonds is 4. The van der Waals surface area contributed by atoms with Crippen LogP contribution in [0.1, 0.15) is 16.1 Å². The first kappa shape index (κ1) is 15.1. The molecule has 1 heterocycles. The van der Waals surface area contributed by atoms with Crippen molar-refractivity contribution < 1.29 is 22.3 Å². The normalized spacial score (nSPS) is 11.1. The number of ether oxygens (including phenoxy) is 1. The summed E-state index contributed by atoms with van der Waals surface area (Å²) < 4.78 is 41.6. The SMILES string of the molecule is COC(=O)c1ccc(CS(=O)(=O)c2ccc(F)cc2)nc1. The summed E-state index contributed by atoms with van der Waals surface area (Å²) in [5.41, 5.74) is 0.521. The Morgan fingerprint density at radius 3 is 2.38 bits per heavy atom. The monoisotopic (exact) mass is 309 g/mol. The molecule has 0 saturated heterocycles. The maximum Gasteiger partial charge on any atom is 0.339 e. The van der Waals surface area contributed by atoms with Gasteiger partial charge >= 0.3 is 5.97 Å². The predicted octanol–water partition coefficient (Wildman–Crippen LogP) is 1.98. The van der Waals surface area contributed by atoms with Gasteiger partial charge in [-0.05, 0) is 36.4 Å². The summed E-state index contributed by atoms with van der Waals surface area (Å²) in [6.45, 7) is 0. The number of sulfone groups is 1. The zero-order valence-electron chi connectivity index (χ0n) is 11.1. The van der Waals surface area contributed by atoms with Gasteiger partial charge < -0.3 is 4.74 Å². The van der Waals surface area contributed by atoms with E-state index in [2.05, 4.69) is 9.72 Å². The molecule has 2 rings (SSSR count). The number of hydrogen-bond acceptors (Lipinski definition) is 5. The van der Waals surface area contributed by atoms with E-state index in [0.29, 0.717) is 0 Å². The van der Waals surface area contributed by atoms with E-state index in [-0.39, 0.29) is 21.9 Å². The van der Waals surface area contributed by atoms with E-state index in [0.717, 1.165) is 12.1 Å². The lowest BCUT2D eigenvalue weighted by Gasteiger charge is -2.05. The second-order valence-electron chi connectivity index (χ2n) is 4.24. The van der Waals surface area contributed by atoms with Gasteiger partial charge in [0.1, 0.15) is 5.82 Å². The minimum Gasteiger partial charge on any atom is -0.465 e. The zero-order valence-corrected chi connectivity index (χ0v) is 11.9. The highest BCUT2D eigenvalue weighted by Gasteiger charge is 2.16. The molecule has 0 unspecified atom stereocenters. The Kier molecular flexibility index (Phi) is 4.32. The first-order valence-corrected chi connectivity index (χ1v) is 7.59. The molecule has 1 aromatic heterocycles. The van der Waals surface area contributed by atoms with Gasteiger partial charge in [-0.2, -0.15) is 0 Å². The Bertz CT molecular complexity index is 740. The Morgan fingerprint density at radius 1 is 1.19 bits per heavy atom. The van der Waals surface area contributed by atoms with E-state index in [4.69, 9.17) is 0 Å². The van der Waals surface area contributed by atoms with Gasteiger partial charge in [-0.15, -0.1) is 0 Å².